The number of aliphatic hydroxyl groups excluding tert-OH is 1. The Hall–Kier alpha value is -2.79. The zero-order valence-electron chi connectivity index (χ0n) is 20.0. The number of halogens is 1. The van der Waals surface area contributed by atoms with Crippen molar-refractivity contribution in [1.29, 1.82) is 5.41 Å². The Morgan fingerprint density at radius 3 is 2.10 bits per heavy atom. The molecule has 0 aliphatic carbocycles. The fourth-order valence-corrected chi connectivity index (χ4v) is 3.64. The lowest BCUT2D eigenvalue weighted by Crippen LogP contribution is -2.19. The molecule has 0 aliphatic rings. The second kappa shape index (κ2) is 11.0. The summed E-state index contributed by atoms with van der Waals surface area (Å²) in [6.07, 6.45) is 3.80. The first-order chi connectivity index (χ1) is 14.5. The maximum Gasteiger partial charge on any atom is 0.221 e. The third-order valence-corrected chi connectivity index (χ3v) is 5.74. The minimum absolute atomic E-state index is 0.0312. The summed E-state index contributed by atoms with van der Waals surface area (Å²) in [4.78, 5) is 11.8. The predicted octanol–water partition coefficient (Wildman–Crippen LogP) is 6.49. The van der Waals surface area contributed by atoms with E-state index >= 15 is 4.39 Å². The average Bonchev–Trinajstić information content (AvgIpc) is 2.72. The highest BCUT2D eigenvalue weighted by Crippen LogP contribution is 2.36. The molecule has 1 aromatic carbocycles. The molecule has 0 fully saturated rings. The Morgan fingerprint density at radius 2 is 1.71 bits per heavy atom. The van der Waals surface area contributed by atoms with Gasteiger partial charge in [0.25, 0.3) is 0 Å². The Labute approximate surface area is 185 Å². The van der Waals surface area contributed by atoms with Crippen molar-refractivity contribution in [3.8, 4) is 0 Å². The van der Waals surface area contributed by atoms with Crippen LogP contribution >= 0.6 is 0 Å². The van der Waals surface area contributed by atoms with E-state index in [1.807, 2.05) is 54.5 Å². The van der Waals surface area contributed by atoms with Gasteiger partial charge in [-0.2, -0.15) is 0 Å². The topological polar surface area (TPSA) is 73.2 Å². The van der Waals surface area contributed by atoms with Crippen molar-refractivity contribution in [2.75, 3.05) is 5.32 Å². The van der Waals surface area contributed by atoms with Crippen molar-refractivity contribution in [3.63, 3.8) is 0 Å². The molecule has 0 saturated heterocycles. The largest absolute Gasteiger partial charge is 0.392 e. The summed E-state index contributed by atoms with van der Waals surface area (Å²) in [5.41, 5.74) is 5.86. The van der Waals surface area contributed by atoms with Crippen molar-refractivity contribution in [1.82, 2.24) is 0 Å². The number of carbonyl (C=O) groups is 1. The van der Waals surface area contributed by atoms with Gasteiger partial charge in [-0.25, -0.2) is 4.39 Å². The van der Waals surface area contributed by atoms with Gasteiger partial charge in [-0.05, 0) is 70.2 Å². The number of benzene rings is 1. The van der Waals surface area contributed by atoms with Crippen LogP contribution in [0.5, 0.6) is 0 Å². The number of allylic oxidation sites excluding steroid dienone is 6. The lowest BCUT2D eigenvalue weighted by atomic mass is 9.83. The van der Waals surface area contributed by atoms with Crippen molar-refractivity contribution in [2.24, 2.45) is 0 Å². The van der Waals surface area contributed by atoms with Gasteiger partial charge in [0.15, 0.2) is 5.82 Å². The summed E-state index contributed by atoms with van der Waals surface area (Å²) in [6, 6.07) is 0. The fraction of sp³-hybridized carbons (Fsp3) is 0.385. The number of hydrogen-bond acceptors (Lipinski definition) is 3. The quantitative estimate of drug-likeness (QED) is 0.328. The van der Waals surface area contributed by atoms with Crippen molar-refractivity contribution in [2.45, 2.75) is 68.4 Å². The molecule has 0 unspecified atom stereocenters. The van der Waals surface area contributed by atoms with Crippen LogP contribution in [-0.4, -0.2) is 16.7 Å². The van der Waals surface area contributed by atoms with Gasteiger partial charge < -0.3 is 10.4 Å². The van der Waals surface area contributed by atoms with Crippen LogP contribution in [0.1, 0.15) is 77.6 Å². The molecule has 1 amide bonds. The van der Waals surface area contributed by atoms with Crippen LogP contribution < -0.4 is 5.32 Å². The number of anilines is 1. The smallest absolute Gasteiger partial charge is 0.221 e. The van der Waals surface area contributed by atoms with E-state index < -0.39 is 11.7 Å². The summed E-state index contributed by atoms with van der Waals surface area (Å²) in [6.45, 7) is 18.2. The molecule has 0 heterocycles. The molecule has 1 rings (SSSR count). The highest BCUT2D eigenvalue weighted by molar-refractivity contribution is 6.16. The SMILES string of the molecule is C=Cc1c(CO)c(CC)c(C(=N)/C(C(C)=C(C)C)=C(C)\C(C)=C/C)c(F)c1NC(C)=O. The summed E-state index contributed by atoms with van der Waals surface area (Å²) in [5, 5.41) is 21.7. The van der Waals surface area contributed by atoms with E-state index in [-0.39, 0.29) is 23.6 Å². The maximum absolute atomic E-state index is 15.9. The molecule has 4 nitrogen and oxygen atoms in total. The number of hydrogen-bond donors (Lipinski definition) is 3. The minimum atomic E-state index is -0.686. The standard InChI is InChI=1S/C26H35FN2O2/c1-10-15(6)17(8)22(16(7)14(4)5)25(28)23-19(11-2)21(13-30)20(12-3)26(24(23)27)29-18(9)31/h10,12,28,30H,3,11,13H2,1-2,4-9H3,(H,29,31)/b15-10-,22-17-,28-25?. The Morgan fingerprint density at radius 1 is 1.13 bits per heavy atom. The highest BCUT2D eigenvalue weighted by atomic mass is 19.1. The monoisotopic (exact) mass is 426 g/mol. The van der Waals surface area contributed by atoms with E-state index in [1.54, 1.807) is 0 Å². The van der Waals surface area contributed by atoms with Gasteiger partial charge in [0.1, 0.15) is 0 Å². The molecule has 0 aliphatic heterocycles. The number of carbonyl (C=O) groups excluding carboxylic acids is 1. The number of aliphatic hydroxyl groups is 1. The molecule has 0 spiro atoms. The van der Waals surface area contributed by atoms with Crippen molar-refractivity contribution in [3.05, 3.63) is 68.6 Å². The van der Waals surface area contributed by atoms with Crippen LogP contribution in [0.15, 0.2) is 40.5 Å². The Bertz CT molecular complexity index is 1010. The molecule has 0 atom stereocenters. The second-order valence-electron chi connectivity index (χ2n) is 7.80. The summed E-state index contributed by atoms with van der Waals surface area (Å²) in [7, 11) is 0. The van der Waals surface area contributed by atoms with E-state index in [0.29, 0.717) is 28.7 Å². The molecule has 0 aromatic heterocycles. The first kappa shape index (κ1) is 26.2. The summed E-state index contributed by atoms with van der Waals surface area (Å²) in [5.74, 6) is -1.13. The van der Waals surface area contributed by atoms with Gasteiger partial charge in [-0.3, -0.25) is 10.2 Å². The van der Waals surface area contributed by atoms with Crippen LogP contribution in [0, 0.1) is 11.2 Å². The third kappa shape index (κ3) is 5.28. The molecule has 3 N–H and O–H groups in total. The first-order valence-electron chi connectivity index (χ1n) is 10.4. The Balaban J connectivity index is 4.19. The van der Waals surface area contributed by atoms with Crippen LogP contribution in [0.3, 0.4) is 0 Å². The normalized spacial score (nSPS) is 12.3. The van der Waals surface area contributed by atoms with Gasteiger partial charge in [-0.15, -0.1) is 0 Å². The van der Waals surface area contributed by atoms with Crippen LogP contribution in [0.4, 0.5) is 10.1 Å². The molecule has 168 valence electrons. The maximum atomic E-state index is 15.9. The zero-order chi connectivity index (χ0) is 24.0. The number of nitrogens with one attached hydrogen (secondary N) is 2. The van der Waals surface area contributed by atoms with Crippen molar-refractivity contribution < 1.29 is 14.3 Å². The molecule has 0 bridgehead atoms. The zero-order valence-corrected chi connectivity index (χ0v) is 20.0. The molecular formula is C26H35FN2O2. The van der Waals surface area contributed by atoms with Crippen LogP contribution in [-0.2, 0) is 17.8 Å². The summed E-state index contributed by atoms with van der Waals surface area (Å²) < 4.78 is 15.9. The van der Waals surface area contributed by atoms with E-state index in [1.165, 1.54) is 13.0 Å². The molecule has 0 saturated carbocycles. The number of rotatable bonds is 8. The minimum Gasteiger partial charge on any atom is -0.392 e. The van der Waals surface area contributed by atoms with Gasteiger partial charge in [0.05, 0.1) is 18.0 Å². The number of amides is 1. The van der Waals surface area contributed by atoms with Crippen LogP contribution in [0.2, 0.25) is 0 Å². The predicted molar refractivity (Wildman–Crippen MR) is 129 cm³/mol. The summed E-state index contributed by atoms with van der Waals surface area (Å²) >= 11 is 0. The fourth-order valence-electron chi connectivity index (χ4n) is 3.64. The van der Waals surface area contributed by atoms with E-state index in [0.717, 1.165) is 22.3 Å². The molecule has 0 radical (unpaired) electrons. The lowest BCUT2D eigenvalue weighted by molar-refractivity contribution is -0.114. The Kier molecular flexibility index (Phi) is 9.32. The molecular weight excluding hydrogens is 391 g/mol. The molecule has 31 heavy (non-hydrogen) atoms. The van der Waals surface area contributed by atoms with Gasteiger partial charge in [-0.1, -0.05) is 36.8 Å². The molecule has 5 heteroatoms. The van der Waals surface area contributed by atoms with E-state index in [4.69, 9.17) is 5.41 Å². The first-order valence-corrected chi connectivity index (χ1v) is 10.4. The van der Waals surface area contributed by atoms with Gasteiger partial charge in [0.2, 0.25) is 5.91 Å². The second-order valence-corrected chi connectivity index (χ2v) is 7.80. The van der Waals surface area contributed by atoms with Crippen LogP contribution in [0.25, 0.3) is 6.08 Å². The highest BCUT2D eigenvalue weighted by Gasteiger charge is 2.27. The average molecular weight is 427 g/mol. The third-order valence-electron chi connectivity index (χ3n) is 5.74. The lowest BCUT2D eigenvalue weighted by Gasteiger charge is -2.24. The molecule has 1 aromatic rings. The van der Waals surface area contributed by atoms with E-state index in [2.05, 4.69) is 11.9 Å². The van der Waals surface area contributed by atoms with E-state index in [9.17, 15) is 9.90 Å². The van der Waals surface area contributed by atoms with Gasteiger partial charge >= 0.3 is 0 Å². The van der Waals surface area contributed by atoms with Gasteiger partial charge in [0, 0.05) is 23.6 Å². The van der Waals surface area contributed by atoms with Crippen molar-refractivity contribution >= 4 is 23.4 Å².